The SMILES string of the molecule is C1=C(C2=c3ccc4c(c3CC(C3CCC3)C2)CC=c2ccccc2=4)c2ccccc2CCN1C1CCC1. The van der Waals surface area contributed by atoms with Crippen LogP contribution in [0.25, 0.3) is 17.2 Å². The van der Waals surface area contributed by atoms with Gasteiger partial charge in [-0.25, -0.2) is 0 Å². The molecule has 1 heteroatoms. The molecule has 186 valence electrons. The van der Waals surface area contributed by atoms with Crippen molar-refractivity contribution in [3.63, 3.8) is 0 Å². The second-order valence-electron chi connectivity index (χ2n) is 12.2. The summed E-state index contributed by atoms with van der Waals surface area (Å²) in [6.45, 7) is 1.16. The van der Waals surface area contributed by atoms with Gasteiger partial charge < -0.3 is 4.90 Å². The first-order valence-electron chi connectivity index (χ1n) is 14.8. The molecule has 0 bridgehead atoms. The molecule has 37 heavy (non-hydrogen) atoms. The van der Waals surface area contributed by atoms with Crippen molar-refractivity contribution in [3.05, 3.63) is 110 Å². The zero-order chi connectivity index (χ0) is 24.3. The summed E-state index contributed by atoms with van der Waals surface area (Å²) in [5.74, 6) is 1.69. The van der Waals surface area contributed by atoms with Gasteiger partial charge in [-0.15, -0.1) is 0 Å². The van der Waals surface area contributed by atoms with Crippen LogP contribution >= 0.6 is 0 Å². The van der Waals surface area contributed by atoms with Gasteiger partial charge in [0.25, 0.3) is 0 Å². The van der Waals surface area contributed by atoms with Crippen molar-refractivity contribution >= 4 is 17.2 Å². The third-order valence-electron chi connectivity index (χ3n) is 10.4. The highest BCUT2D eigenvalue weighted by atomic mass is 15.1. The lowest BCUT2D eigenvalue weighted by atomic mass is 9.67. The molecule has 0 aromatic heterocycles. The summed E-state index contributed by atoms with van der Waals surface area (Å²) in [5, 5.41) is 5.87. The third kappa shape index (κ3) is 3.57. The van der Waals surface area contributed by atoms with E-state index >= 15 is 0 Å². The highest BCUT2D eigenvalue weighted by Crippen LogP contribution is 2.44. The second kappa shape index (κ2) is 8.76. The van der Waals surface area contributed by atoms with Crippen LogP contribution in [0.4, 0.5) is 0 Å². The Kier molecular flexibility index (Phi) is 5.20. The van der Waals surface area contributed by atoms with Gasteiger partial charge in [0.2, 0.25) is 0 Å². The number of allylic oxidation sites excluding steroid dienone is 1. The zero-order valence-electron chi connectivity index (χ0n) is 21.9. The fourth-order valence-corrected chi connectivity index (χ4v) is 7.83. The minimum absolute atomic E-state index is 0.741. The normalized spacial score (nSPS) is 22.8. The Morgan fingerprint density at radius 1 is 0.676 bits per heavy atom. The minimum atomic E-state index is 0.741. The van der Waals surface area contributed by atoms with Crippen LogP contribution in [0, 0.1) is 22.3 Å². The average molecular weight is 484 g/mol. The van der Waals surface area contributed by atoms with Gasteiger partial charge in [0.1, 0.15) is 0 Å². The van der Waals surface area contributed by atoms with Crippen LogP contribution < -0.4 is 10.4 Å². The molecular formula is C36H37N. The van der Waals surface area contributed by atoms with Gasteiger partial charge in [-0.2, -0.15) is 0 Å². The zero-order valence-corrected chi connectivity index (χ0v) is 21.9. The van der Waals surface area contributed by atoms with Crippen LogP contribution in [0.2, 0.25) is 0 Å². The molecule has 1 nitrogen and oxygen atoms in total. The van der Waals surface area contributed by atoms with Crippen LogP contribution in [-0.4, -0.2) is 17.5 Å². The first kappa shape index (κ1) is 22.0. The van der Waals surface area contributed by atoms with Crippen LogP contribution in [-0.2, 0) is 19.3 Å². The molecule has 0 radical (unpaired) electrons. The van der Waals surface area contributed by atoms with Crippen molar-refractivity contribution in [2.75, 3.05) is 6.54 Å². The van der Waals surface area contributed by atoms with Gasteiger partial charge in [0.05, 0.1) is 0 Å². The standard InChI is InChI=1S/C36H37N/c1-3-13-29-25(7-1)15-16-32-31(29)17-18-33-34(32)21-27(24-9-5-10-24)22-35(33)36-23-37(28-11-6-12-28)20-19-26-8-2-4-14-30(26)36/h1-4,7-8,13-15,17-18,23-24,27-28H,5-6,9-12,16,19-22H2. The van der Waals surface area contributed by atoms with E-state index < -0.39 is 0 Å². The molecule has 2 saturated carbocycles. The molecule has 1 atom stereocenters. The summed E-state index contributed by atoms with van der Waals surface area (Å²) >= 11 is 0. The second-order valence-corrected chi connectivity index (χ2v) is 12.2. The number of fused-ring (bicyclic) bond motifs is 5. The van der Waals surface area contributed by atoms with Crippen molar-refractivity contribution < 1.29 is 0 Å². The van der Waals surface area contributed by atoms with E-state index in [4.69, 9.17) is 0 Å². The summed E-state index contributed by atoms with van der Waals surface area (Å²) in [4.78, 5) is 2.72. The van der Waals surface area contributed by atoms with E-state index in [0.29, 0.717) is 0 Å². The molecule has 0 spiro atoms. The Balaban J connectivity index is 1.39. The summed E-state index contributed by atoms with van der Waals surface area (Å²) in [7, 11) is 0. The Hall–Kier alpha value is -3.06. The monoisotopic (exact) mass is 483 g/mol. The van der Waals surface area contributed by atoms with Gasteiger partial charge in [0, 0.05) is 24.4 Å². The van der Waals surface area contributed by atoms with Crippen molar-refractivity contribution in [2.45, 2.75) is 70.3 Å². The van der Waals surface area contributed by atoms with Crippen LogP contribution in [0.15, 0.2) is 66.9 Å². The molecule has 1 aliphatic heterocycles. The fraction of sp³-hybridized carbons (Fsp3) is 0.389. The van der Waals surface area contributed by atoms with Gasteiger partial charge in [-0.1, -0.05) is 86.0 Å². The number of benzene rings is 3. The minimum Gasteiger partial charge on any atom is -0.374 e. The lowest BCUT2D eigenvalue weighted by molar-refractivity contribution is 0.187. The molecule has 5 aliphatic rings. The van der Waals surface area contributed by atoms with Crippen LogP contribution in [0.1, 0.15) is 67.2 Å². The molecule has 4 aliphatic carbocycles. The first-order valence-corrected chi connectivity index (χ1v) is 14.8. The molecule has 0 amide bonds. The molecular weight excluding hydrogens is 446 g/mol. The summed E-state index contributed by atoms with van der Waals surface area (Å²) in [6.07, 6.45) is 18.2. The molecule has 1 unspecified atom stereocenters. The molecule has 3 aromatic carbocycles. The van der Waals surface area contributed by atoms with Crippen LogP contribution in [0.5, 0.6) is 0 Å². The summed E-state index contributed by atoms with van der Waals surface area (Å²) in [6, 6.07) is 24.0. The molecule has 8 rings (SSSR count). The quantitative estimate of drug-likeness (QED) is 0.424. The molecule has 1 heterocycles. The van der Waals surface area contributed by atoms with Gasteiger partial charge in [-0.05, 0) is 105 Å². The van der Waals surface area contributed by atoms with E-state index in [1.54, 1.807) is 21.9 Å². The predicted molar refractivity (Wildman–Crippen MR) is 153 cm³/mol. The largest absolute Gasteiger partial charge is 0.374 e. The van der Waals surface area contributed by atoms with Gasteiger partial charge in [-0.3, -0.25) is 0 Å². The number of hydrogen-bond acceptors (Lipinski definition) is 1. The molecule has 0 saturated heterocycles. The van der Waals surface area contributed by atoms with Crippen molar-refractivity contribution in [3.8, 4) is 0 Å². The van der Waals surface area contributed by atoms with Gasteiger partial charge >= 0.3 is 0 Å². The number of hydrogen-bond donors (Lipinski definition) is 0. The molecule has 3 aromatic rings. The Morgan fingerprint density at radius 2 is 1.49 bits per heavy atom. The fourth-order valence-electron chi connectivity index (χ4n) is 7.83. The van der Waals surface area contributed by atoms with E-state index in [1.807, 2.05) is 0 Å². The predicted octanol–water partition coefficient (Wildman–Crippen LogP) is 6.28. The Morgan fingerprint density at radius 3 is 2.32 bits per heavy atom. The van der Waals surface area contributed by atoms with Crippen LogP contribution in [0.3, 0.4) is 0 Å². The maximum atomic E-state index is 2.72. The topological polar surface area (TPSA) is 3.24 Å². The van der Waals surface area contributed by atoms with Crippen molar-refractivity contribution in [1.29, 1.82) is 0 Å². The lowest BCUT2D eigenvalue weighted by Crippen LogP contribution is -2.37. The smallest absolute Gasteiger partial charge is 0.0284 e. The van der Waals surface area contributed by atoms with Gasteiger partial charge in [0.15, 0.2) is 0 Å². The summed E-state index contributed by atoms with van der Waals surface area (Å²) in [5.41, 5.74) is 9.48. The molecule has 0 N–H and O–H groups in total. The molecule has 2 fully saturated rings. The Bertz CT molecular complexity index is 1630. The van der Waals surface area contributed by atoms with E-state index in [2.05, 4.69) is 77.8 Å². The van der Waals surface area contributed by atoms with E-state index in [0.717, 1.165) is 37.3 Å². The lowest BCUT2D eigenvalue weighted by Gasteiger charge is -2.39. The summed E-state index contributed by atoms with van der Waals surface area (Å²) < 4.78 is 0. The third-order valence-corrected chi connectivity index (χ3v) is 10.4. The van der Waals surface area contributed by atoms with E-state index in [1.165, 1.54) is 83.7 Å². The maximum absolute atomic E-state index is 2.72. The highest BCUT2D eigenvalue weighted by molar-refractivity contribution is 5.99. The number of nitrogens with zero attached hydrogens (tertiary/aromatic N) is 1. The maximum Gasteiger partial charge on any atom is 0.0284 e. The highest BCUT2D eigenvalue weighted by Gasteiger charge is 2.34. The number of rotatable bonds is 3. The van der Waals surface area contributed by atoms with Crippen molar-refractivity contribution in [1.82, 2.24) is 4.90 Å². The first-order chi connectivity index (χ1) is 18.3. The van der Waals surface area contributed by atoms with Crippen molar-refractivity contribution in [2.24, 2.45) is 11.8 Å². The van der Waals surface area contributed by atoms with E-state index in [9.17, 15) is 0 Å². The van der Waals surface area contributed by atoms with E-state index in [-0.39, 0.29) is 0 Å². The Labute approximate surface area is 220 Å². The average Bonchev–Trinajstić information content (AvgIpc) is 3.06.